The number of hydrogen-bond donors (Lipinski definition) is 0. The van der Waals surface area contributed by atoms with Crippen LogP contribution in [0.1, 0.15) is 5.56 Å². The summed E-state index contributed by atoms with van der Waals surface area (Å²) in [6, 6.07) is 10.2. The Morgan fingerprint density at radius 1 is 1.06 bits per heavy atom. The second-order valence-corrected chi connectivity index (χ2v) is 4.89. The van der Waals surface area contributed by atoms with Crippen LogP contribution in [-0.2, 0) is 0 Å². The number of benzene rings is 1. The Bertz CT molecular complexity index is 667. The summed E-state index contributed by atoms with van der Waals surface area (Å²) >= 11 is 1.63. The van der Waals surface area contributed by atoms with Gasteiger partial charge in [0.1, 0.15) is 12.2 Å². The van der Waals surface area contributed by atoms with E-state index in [1.54, 1.807) is 24.3 Å². The topological polar surface area (TPSA) is 40.3 Å². The smallest absolute Gasteiger partial charge is 0.180 e. The van der Waals surface area contributed by atoms with Gasteiger partial charge in [0, 0.05) is 6.20 Å². The molecule has 0 amide bonds. The van der Waals surface area contributed by atoms with Gasteiger partial charge in [-0.15, -0.1) is 0 Å². The molecule has 4 rings (SSSR count). The standard InChI is InChI=1S/C13H8N4S/c1-2-4-9(5-3-1)11-12-16-8-15-10-6-7-14-13(18-11)17(10)12/h1-8H. The lowest BCUT2D eigenvalue weighted by Crippen LogP contribution is -2.33. The van der Waals surface area contributed by atoms with Crippen LogP contribution in [0.3, 0.4) is 0 Å². The summed E-state index contributed by atoms with van der Waals surface area (Å²) in [5.41, 5.74) is 1.16. The van der Waals surface area contributed by atoms with Crippen LogP contribution in [0.25, 0.3) is 4.91 Å². The van der Waals surface area contributed by atoms with E-state index < -0.39 is 0 Å². The summed E-state index contributed by atoms with van der Waals surface area (Å²) in [4.78, 5) is 16.1. The maximum atomic E-state index is 4.39. The van der Waals surface area contributed by atoms with Crippen molar-refractivity contribution in [3.8, 4) is 0 Å². The third-order valence-corrected chi connectivity index (χ3v) is 3.94. The summed E-state index contributed by atoms with van der Waals surface area (Å²) in [6.45, 7) is 0. The van der Waals surface area contributed by atoms with Crippen molar-refractivity contribution in [1.82, 2.24) is 4.90 Å². The van der Waals surface area contributed by atoms with E-state index >= 15 is 0 Å². The molecule has 0 fully saturated rings. The molecule has 86 valence electrons. The van der Waals surface area contributed by atoms with Gasteiger partial charge in [0.05, 0.1) is 4.91 Å². The first-order valence-electron chi connectivity index (χ1n) is 5.56. The zero-order valence-corrected chi connectivity index (χ0v) is 10.1. The molecule has 0 unspecified atom stereocenters. The molecule has 0 bridgehead atoms. The monoisotopic (exact) mass is 252 g/mol. The van der Waals surface area contributed by atoms with Crippen LogP contribution in [0.4, 0.5) is 0 Å². The molecular formula is C13H8N4S. The molecule has 0 spiro atoms. The normalized spacial score (nSPS) is 19.9. The molecule has 3 aliphatic heterocycles. The van der Waals surface area contributed by atoms with Crippen molar-refractivity contribution < 1.29 is 0 Å². The van der Waals surface area contributed by atoms with Gasteiger partial charge in [-0.2, -0.15) is 0 Å². The second kappa shape index (κ2) is 3.68. The Labute approximate surface area is 108 Å². The first-order valence-corrected chi connectivity index (χ1v) is 6.37. The summed E-state index contributed by atoms with van der Waals surface area (Å²) in [7, 11) is 0. The van der Waals surface area contributed by atoms with Crippen LogP contribution < -0.4 is 0 Å². The maximum Gasteiger partial charge on any atom is 0.180 e. The molecular weight excluding hydrogens is 244 g/mol. The Morgan fingerprint density at radius 3 is 2.83 bits per heavy atom. The van der Waals surface area contributed by atoms with E-state index in [-0.39, 0.29) is 0 Å². The minimum absolute atomic E-state index is 0.878. The van der Waals surface area contributed by atoms with Gasteiger partial charge in [-0.3, -0.25) is 4.90 Å². The van der Waals surface area contributed by atoms with Crippen molar-refractivity contribution in [1.29, 1.82) is 0 Å². The Hall–Kier alpha value is -2.14. The van der Waals surface area contributed by atoms with E-state index in [9.17, 15) is 0 Å². The molecule has 5 heteroatoms. The molecule has 3 heterocycles. The molecule has 1 aromatic rings. The summed E-state index contributed by atoms with van der Waals surface area (Å²) in [5.74, 6) is 1.79. The van der Waals surface area contributed by atoms with Gasteiger partial charge in [-0.1, -0.05) is 30.3 Å². The lowest BCUT2D eigenvalue weighted by atomic mass is 10.2. The number of thioether (sulfide) groups is 1. The van der Waals surface area contributed by atoms with Crippen LogP contribution in [0.5, 0.6) is 0 Å². The Balaban J connectivity index is 1.90. The zero-order valence-electron chi connectivity index (χ0n) is 9.32. The lowest BCUT2D eigenvalue weighted by molar-refractivity contribution is 0.755. The molecule has 3 aliphatic rings. The van der Waals surface area contributed by atoms with Crippen LogP contribution in [0.2, 0.25) is 0 Å². The van der Waals surface area contributed by atoms with E-state index in [1.807, 2.05) is 29.2 Å². The first-order chi connectivity index (χ1) is 8.93. The summed E-state index contributed by atoms with van der Waals surface area (Å²) in [6.07, 6.45) is 5.27. The fourth-order valence-electron chi connectivity index (χ4n) is 2.04. The molecule has 0 aliphatic carbocycles. The minimum Gasteiger partial charge on any atom is -0.255 e. The van der Waals surface area contributed by atoms with Gasteiger partial charge >= 0.3 is 0 Å². The Kier molecular flexibility index (Phi) is 2.01. The molecule has 18 heavy (non-hydrogen) atoms. The fraction of sp³-hybridized carbons (Fsp3) is 0. The van der Waals surface area contributed by atoms with Gasteiger partial charge in [0.15, 0.2) is 11.0 Å². The minimum atomic E-state index is 0.878. The molecule has 0 aromatic heterocycles. The number of nitrogens with zero attached hydrogens (tertiary/aromatic N) is 4. The maximum absolute atomic E-state index is 4.39. The van der Waals surface area contributed by atoms with Crippen molar-refractivity contribution >= 4 is 34.0 Å². The van der Waals surface area contributed by atoms with E-state index in [2.05, 4.69) is 27.1 Å². The third-order valence-electron chi connectivity index (χ3n) is 2.84. The van der Waals surface area contributed by atoms with Gasteiger partial charge in [0.2, 0.25) is 0 Å². The van der Waals surface area contributed by atoms with Crippen molar-refractivity contribution in [2.24, 2.45) is 15.0 Å². The van der Waals surface area contributed by atoms with Gasteiger partial charge in [0.25, 0.3) is 0 Å². The van der Waals surface area contributed by atoms with E-state index in [1.165, 1.54) is 0 Å². The highest BCUT2D eigenvalue weighted by molar-refractivity contribution is 8.22. The van der Waals surface area contributed by atoms with Crippen LogP contribution in [-0.4, -0.2) is 22.2 Å². The van der Waals surface area contributed by atoms with Crippen molar-refractivity contribution in [2.45, 2.75) is 0 Å². The molecule has 0 N–H and O–H groups in total. The van der Waals surface area contributed by atoms with Gasteiger partial charge in [-0.25, -0.2) is 15.0 Å². The number of amidine groups is 2. The molecule has 0 saturated heterocycles. The SMILES string of the molecule is C1=CC2=NC=NC3=C(c4ccccc4)SC(=N1)N23. The average molecular weight is 252 g/mol. The summed E-state index contributed by atoms with van der Waals surface area (Å²) < 4.78 is 0. The van der Waals surface area contributed by atoms with Gasteiger partial charge < -0.3 is 0 Å². The van der Waals surface area contributed by atoms with E-state index in [4.69, 9.17) is 0 Å². The quantitative estimate of drug-likeness (QED) is 0.771. The van der Waals surface area contributed by atoms with E-state index in [0.29, 0.717) is 0 Å². The molecule has 0 saturated carbocycles. The molecule has 1 aromatic carbocycles. The van der Waals surface area contributed by atoms with Crippen molar-refractivity contribution in [3.05, 3.63) is 54.0 Å². The highest BCUT2D eigenvalue weighted by atomic mass is 32.2. The summed E-state index contributed by atoms with van der Waals surface area (Å²) in [5, 5.41) is 0.918. The van der Waals surface area contributed by atoms with Crippen LogP contribution in [0.15, 0.2) is 63.4 Å². The largest absolute Gasteiger partial charge is 0.255 e. The average Bonchev–Trinajstić information content (AvgIpc) is 2.82. The highest BCUT2D eigenvalue weighted by Crippen LogP contribution is 2.43. The third kappa shape index (κ3) is 1.31. The number of rotatable bonds is 1. The van der Waals surface area contributed by atoms with Crippen molar-refractivity contribution in [2.75, 3.05) is 0 Å². The second-order valence-electron chi connectivity index (χ2n) is 3.92. The number of aliphatic imine (C=N–C) groups is 3. The molecule has 0 atom stereocenters. The van der Waals surface area contributed by atoms with Crippen LogP contribution in [0, 0.1) is 0 Å². The molecule has 0 radical (unpaired) electrons. The number of hydrogen-bond acceptors (Lipinski definition) is 5. The zero-order chi connectivity index (χ0) is 11.9. The lowest BCUT2D eigenvalue weighted by Gasteiger charge is -2.22. The predicted molar refractivity (Wildman–Crippen MR) is 75.3 cm³/mol. The molecule has 4 nitrogen and oxygen atoms in total. The first kappa shape index (κ1) is 9.85. The van der Waals surface area contributed by atoms with Crippen molar-refractivity contribution in [3.63, 3.8) is 0 Å². The van der Waals surface area contributed by atoms with Gasteiger partial charge in [-0.05, 0) is 23.4 Å². The highest BCUT2D eigenvalue weighted by Gasteiger charge is 2.35. The fourth-order valence-corrected chi connectivity index (χ4v) is 3.10. The van der Waals surface area contributed by atoms with Crippen LogP contribution >= 0.6 is 11.8 Å². The van der Waals surface area contributed by atoms with E-state index in [0.717, 1.165) is 27.3 Å². The predicted octanol–water partition coefficient (Wildman–Crippen LogP) is 2.69. The Morgan fingerprint density at radius 2 is 1.94 bits per heavy atom.